The van der Waals surface area contributed by atoms with E-state index in [0.29, 0.717) is 37.1 Å². The molecule has 1 aliphatic heterocycles. The standard InChI is InChI=1S/C18H21FN4O2/c19-14-5-2-1-4-13(14)10-17(7-8-17)16(24)23-9-3-6-18(25,12-23)15-11-20-22-21-15/h1-2,4-5,11,25H,3,6-10,12H2,(H,20,21,22). The molecule has 1 saturated carbocycles. The molecule has 4 rings (SSSR count). The fourth-order valence-corrected chi connectivity index (χ4v) is 3.80. The topological polar surface area (TPSA) is 82.1 Å². The van der Waals surface area contributed by atoms with E-state index in [2.05, 4.69) is 15.4 Å². The molecule has 0 bridgehead atoms. The number of carbonyl (C=O) groups is 1. The van der Waals surface area contributed by atoms with Gasteiger partial charge in [-0.05, 0) is 43.7 Å². The molecule has 1 atom stereocenters. The fourth-order valence-electron chi connectivity index (χ4n) is 3.80. The van der Waals surface area contributed by atoms with Crippen LogP contribution in [-0.2, 0) is 16.8 Å². The van der Waals surface area contributed by atoms with Gasteiger partial charge < -0.3 is 10.0 Å². The minimum Gasteiger partial charge on any atom is -0.382 e. The van der Waals surface area contributed by atoms with Gasteiger partial charge in [0.1, 0.15) is 17.1 Å². The van der Waals surface area contributed by atoms with Crippen LogP contribution in [0.4, 0.5) is 4.39 Å². The molecule has 2 N–H and O–H groups in total. The van der Waals surface area contributed by atoms with Gasteiger partial charge in [-0.15, -0.1) is 0 Å². The smallest absolute Gasteiger partial charge is 0.229 e. The Morgan fingerprint density at radius 1 is 1.32 bits per heavy atom. The number of rotatable bonds is 4. The first-order valence-corrected chi connectivity index (χ1v) is 8.64. The number of aromatic nitrogens is 3. The number of piperidine rings is 1. The van der Waals surface area contributed by atoms with Crippen molar-refractivity contribution >= 4 is 5.91 Å². The van der Waals surface area contributed by atoms with Crippen LogP contribution >= 0.6 is 0 Å². The maximum Gasteiger partial charge on any atom is 0.229 e. The summed E-state index contributed by atoms with van der Waals surface area (Å²) in [5.74, 6) is -0.253. The zero-order chi connectivity index (χ0) is 17.5. The van der Waals surface area contributed by atoms with Crippen molar-refractivity contribution in [2.45, 2.75) is 37.7 Å². The summed E-state index contributed by atoms with van der Waals surface area (Å²) in [5.41, 5.74) is -0.653. The van der Waals surface area contributed by atoms with Gasteiger partial charge in [0.15, 0.2) is 0 Å². The average Bonchev–Trinajstić information content (AvgIpc) is 3.17. The predicted octanol–water partition coefficient (Wildman–Crippen LogP) is 1.78. The largest absolute Gasteiger partial charge is 0.382 e. The summed E-state index contributed by atoms with van der Waals surface area (Å²) in [6, 6.07) is 6.62. The van der Waals surface area contributed by atoms with Crippen molar-refractivity contribution in [3.63, 3.8) is 0 Å². The van der Waals surface area contributed by atoms with Gasteiger partial charge >= 0.3 is 0 Å². The van der Waals surface area contributed by atoms with Crippen molar-refractivity contribution < 1.29 is 14.3 Å². The maximum atomic E-state index is 14.0. The number of H-pyrrole nitrogens is 1. The number of halogens is 1. The third-order valence-corrected chi connectivity index (χ3v) is 5.44. The lowest BCUT2D eigenvalue weighted by Crippen LogP contribution is -2.51. The number of nitrogens with zero attached hydrogens (tertiary/aromatic N) is 3. The normalized spacial score (nSPS) is 25.0. The molecule has 0 spiro atoms. The Bertz CT molecular complexity index is 775. The van der Waals surface area contributed by atoms with Crippen molar-refractivity contribution in [2.75, 3.05) is 13.1 Å². The molecule has 1 aromatic heterocycles. The molecule has 6 nitrogen and oxygen atoms in total. The molecule has 1 amide bonds. The first-order valence-electron chi connectivity index (χ1n) is 8.64. The van der Waals surface area contributed by atoms with Gasteiger partial charge in [0.05, 0.1) is 18.2 Å². The molecule has 0 radical (unpaired) electrons. The molecule has 1 aliphatic carbocycles. The van der Waals surface area contributed by atoms with Crippen LogP contribution in [0, 0.1) is 11.2 Å². The zero-order valence-corrected chi connectivity index (χ0v) is 13.9. The Kier molecular flexibility index (Phi) is 3.83. The van der Waals surface area contributed by atoms with E-state index in [9.17, 15) is 14.3 Å². The van der Waals surface area contributed by atoms with Crippen molar-refractivity contribution in [2.24, 2.45) is 5.41 Å². The fraction of sp³-hybridized carbons (Fsp3) is 0.500. The molecule has 2 aromatic rings. The van der Waals surface area contributed by atoms with Gasteiger partial charge in [-0.2, -0.15) is 15.4 Å². The molecule has 1 unspecified atom stereocenters. The highest BCUT2D eigenvalue weighted by Gasteiger charge is 2.53. The SMILES string of the molecule is O=C(N1CCCC(O)(c2cn[nH]n2)C1)C1(Cc2ccccc2F)CC1. The third kappa shape index (κ3) is 2.93. The van der Waals surface area contributed by atoms with Gasteiger partial charge in [0, 0.05) is 6.54 Å². The van der Waals surface area contributed by atoms with Crippen LogP contribution in [0.2, 0.25) is 0 Å². The molecule has 7 heteroatoms. The lowest BCUT2D eigenvalue weighted by Gasteiger charge is -2.39. The molecule has 132 valence electrons. The first kappa shape index (κ1) is 16.2. The quantitative estimate of drug-likeness (QED) is 0.886. The van der Waals surface area contributed by atoms with Crippen LogP contribution in [-0.4, -0.2) is 44.4 Å². The van der Waals surface area contributed by atoms with Gasteiger partial charge in [0.25, 0.3) is 0 Å². The van der Waals surface area contributed by atoms with Crippen LogP contribution in [0.5, 0.6) is 0 Å². The predicted molar refractivity (Wildman–Crippen MR) is 87.9 cm³/mol. The number of β-amino-alcohol motifs (C(OH)–C–C–N with tert-alkyl or cyclic N) is 1. The van der Waals surface area contributed by atoms with Crippen molar-refractivity contribution in [1.29, 1.82) is 0 Å². The maximum absolute atomic E-state index is 14.0. The summed E-state index contributed by atoms with van der Waals surface area (Å²) in [4.78, 5) is 14.8. The summed E-state index contributed by atoms with van der Waals surface area (Å²) < 4.78 is 14.0. The molecule has 2 heterocycles. The number of nitrogens with one attached hydrogen (secondary N) is 1. The van der Waals surface area contributed by atoms with Gasteiger partial charge in [0.2, 0.25) is 5.91 Å². The van der Waals surface area contributed by atoms with E-state index in [-0.39, 0.29) is 18.3 Å². The van der Waals surface area contributed by atoms with E-state index >= 15 is 0 Å². The molecule has 1 saturated heterocycles. The van der Waals surface area contributed by atoms with Crippen LogP contribution in [0.3, 0.4) is 0 Å². The second-order valence-electron chi connectivity index (χ2n) is 7.27. The Hall–Kier alpha value is -2.28. The molecule has 2 fully saturated rings. The lowest BCUT2D eigenvalue weighted by atomic mass is 9.87. The van der Waals surface area contributed by atoms with E-state index in [1.807, 2.05) is 0 Å². The van der Waals surface area contributed by atoms with Gasteiger partial charge in [-0.25, -0.2) is 4.39 Å². The first-order chi connectivity index (χ1) is 12.0. The van der Waals surface area contributed by atoms with Crippen LogP contribution in [0.25, 0.3) is 0 Å². The molecule has 2 aliphatic rings. The van der Waals surface area contributed by atoms with Gasteiger partial charge in [-0.3, -0.25) is 4.79 Å². The molecule has 25 heavy (non-hydrogen) atoms. The van der Waals surface area contributed by atoms with Crippen LogP contribution in [0.15, 0.2) is 30.5 Å². The van der Waals surface area contributed by atoms with E-state index in [4.69, 9.17) is 0 Å². The average molecular weight is 344 g/mol. The van der Waals surface area contributed by atoms with E-state index in [1.165, 1.54) is 12.3 Å². The van der Waals surface area contributed by atoms with E-state index in [0.717, 1.165) is 12.8 Å². The number of aromatic amines is 1. The highest BCUT2D eigenvalue weighted by atomic mass is 19.1. The second kappa shape index (κ2) is 5.91. The van der Waals surface area contributed by atoms with Crippen molar-refractivity contribution in [3.05, 3.63) is 47.5 Å². The number of hydrogen-bond acceptors (Lipinski definition) is 4. The molecular weight excluding hydrogens is 323 g/mol. The highest BCUT2D eigenvalue weighted by Crippen LogP contribution is 2.51. The number of hydrogen-bond donors (Lipinski definition) is 2. The zero-order valence-electron chi connectivity index (χ0n) is 13.9. The summed E-state index contributed by atoms with van der Waals surface area (Å²) in [7, 11) is 0. The number of likely N-dealkylation sites (tertiary alicyclic amines) is 1. The minimum atomic E-state index is -1.17. The third-order valence-electron chi connectivity index (χ3n) is 5.44. The Morgan fingerprint density at radius 3 is 2.80 bits per heavy atom. The van der Waals surface area contributed by atoms with E-state index < -0.39 is 11.0 Å². The number of benzene rings is 1. The summed E-state index contributed by atoms with van der Waals surface area (Å²) in [5, 5.41) is 21.2. The number of carbonyl (C=O) groups excluding carboxylic acids is 1. The monoisotopic (exact) mass is 344 g/mol. The number of amides is 1. The Balaban J connectivity index is 1.51. The van der Waals surface area contributed by atoms with Crippen molar-refractivity contribution in [3.8, 4) is 0 Å². The van der Waals surface area contributed by atoms with Gasteiger partial charge in [-0.1, -0.05) is 18.2 Å². The van der Waals surface area contributed by atoms with E-state index in [1.54, 1.807) is 23.1 Å². The lowest BCUT2D eigenvalue weighted by molar-refractivity contribution is -0.145. The minimum absolute atomic E-state index is 0.0115. The summed E-state index contributed by atoms with van der Waals surface area (Å²) in [6.07, 6.45) is 4.68. The molecule has 1 aromatic carbocycles. The summed E-state index contributed by atoms with van der Waals surface area (Å²) in [6.45, 7) is 0.815. The second-order valence-corrected chi connectivity index (χ2v) is 7.27. The number of aliphatic hydroxyl groups is 1. The summed E-state index contributed by atoms with van der Waals surface area (Å²) >= 11 is 0. The highest BCUT2D eigenvalue weighted by molar-refractivity contribution is 5.86. The van der Waals surface area contributed by atoms with Crippen LogP contribution in [0.1, 0.15) is 36.9 Å². The van der Waals surface area contributed by atoms with Crippen LogP contribution < -0.4 is 0 Å². The van der Waals surface area contributed by atoms with Crippen molar-refractivity contribution in [1.82, 2.24) is 20.3 Å². The Morgan fingerprint density at radius 2 is 2.12 bits per heavy atom. The Labute approximate surface area is 145 Å². The molecular formula is C18H21FN4O2.